The number of aromatic amines is 1. The van der Waals surface area contributed by atoms with Crippen LogP contribution in [0.25, 0.3) is 0 Å². The summed E-state index contributed by atoms with van der Waals surface area (Å²) in [7, 11) is 0. The van der Waals surface area contributed by atoms with Gasteiger partial charge in [0.25, 0.3) is 0 Å². The third-order valence-electron chi connectivity index (χ3n) is 0.829. The second-order valence-corrected chi connectivity index (χ2v) is 1.54. The van der Waals surface area contributed by atoms with Gasteiger partial charge in [-0.15, -0.1) is 11.8 Å². The average Bonchev–Trinajstić information content (AvgIpc) is 1.64. The Morgan fingerprint density at radius 2 is 2.11 bits per heavy atom. The van der Waals surface area contributed by atoms with Gasteiger partial charge < -0.3 is 4.98 Å². The molecule has 1 N–H and O–H groups in total. The second kappa shape index (κ2) is 4.30. The molecule has 1 aromatic heterocycles. The van der Waals surface area contributed by atoms with Gasteiger partial charge in [-0.25, -0.2) is 6.92 Å². The van der Waals surface area contributed by atoms with Crippen molar-refractivity contribution in [1.29, 1.82) is 0 Å². The van der Waals surface area contributed by atoms with E-state index in [1.165, 1.54) is 6.07 Å². The first-order valence-corrected chi connectivity index (χ1v) is 2.30. The summed E-state index contributed by atoms with van der Waals surface area (Å²) >= 11 is 0. The molecule has 9 heavy (non-hydrogen) atoms. The quantitative estimate of drug-likeness (QED) is 0.321. The van der Waals surface area contributed by atoms with E-state index in [0.29, 0.717) is 5.69 Å². The number of H-pyrrole nitrogens is 1. The standard InChI is InChI=1S/C6H6NO.K/c1-5-3-2-4-6(8)7-5;/h2-4H,1H2,(H,7,8);/q-1;+1. The minimum absolute atomic E-state index is 0. The molecule has 3 heteroatoms. The van der Waals surface area contributed by atoms with E-state index < -0.39 is 0 Å². The number of hydrogen-bond acceptors (Lipinski definition) is 1. The van der Waals surface area contributed by atoms with E-state index in [1.807, 2.05) is 0 Å². The van der Waals surface area contributed by atoms with Gasteiger partial charge in [0.2, 0.25) is 5.56 Å². The van der Waals surface area contributed by atoms with Crippen LogP contribution in [0.4, 0.5) is 0 Å². The van der Waals surface area contributed by atoms with Gasteiger partial charge in [-0.05, 0) is 6.07 Å². The van der Waals surface area contributed by atoms with Gasteiger partial charge in [-0.1, -0.05) is 0 Å². The van der Waals surface area contributed by atoms with Gasteiger partial charge >= 0.3 is 51.4 Å². The Hall–Kier alpha value is 0.456. The summed E-state index contributed by atoms with van der Waals surface area (Å²) in [4.78, 5) is 12.9. The topological polar surface area (TPSA) is 32.9 Å². The number of pyridine rings is 1. The number of nitrogens with one attached hydrogen (secondary N) is 1. The van der Waals surface area contributed by atoms with E-state index in [-0.39, 0.29) is 56.9 Å². The fourth-order valence-corrected chi connectivity index (χ4v) is 0.493. The monoisotopic (exact) mass is 147 g/mol. The van der Waals surface area contributed by atoms with Gasteiger partial charge in [-0.2, -0.15) is 6.07 Å². The van der Waals surface area contributed by atoms with Crippen LogP contribution in [-0.2, 0) is 0 Å². The Labute approximate surface area is 96.1 Å². The molecular formula is C6H6KNO. The van der Waals surface area contributed by atoms with Crippen LogP contribution in [0.2, 0.25) is 0 Å². The summed E-state index contributed by atoms with van der Waals surface area (Å²) in [5.74, 6) is 0. The van der Waals surface area contributed by atoms with Gasteiger partial charge in [0.05, 0.1) is 0 Å². The molecule has 0 fully saturated rings. The van der Waals surface area contributed by atoms with E-state index in [9.17, 15) is 4.79 Å². The van der Waals surface area contributed by atoms with E-state index in [4.69, 9.17) is 0 Å². The summed E-state index contributed by atoms with van der Waals surface area (Å²) in [5, 5.41) is 0. The van der Waals surface area contributed by atoms with Crippen molar-refractivity contribution < 1.29 is 51.4 Å². The molecule has 0 amide bonds. The Balaban J connectivity index is 0.000000640. The summed E-state index contributed by atoms with van der Waals surface area (Å²) < 4.78 is 0. The Kier molecular flexibility index (Phi) is 4.52. The summed E-state index contributed by atoms with van der Waals surface area (Å²) in [6, 6.07) is 4.86. The SMILES string of the molecule is [CH2-]c1cccc(=O)[nH]1.[K+]. The molecule has 42 valence electrons. The molecule has 1 aromatic rings. The van der Waals surface area contributed by atoms with Crippen molar-refractivity contribution in [3.05, 3.63) is 41.2 Å². The first-order chi connectivity index (χ1) is 3.79. The van der Waals surface area contributed by atoms with Crippen molar-refractivity contribution in [1.82, 2.24) is 4.98 Å². The smallest absolute Gasteiger partial charge is 0.357 e. The van der Waals surface area contributed by atoms with E-state index in [0.717, 1.165) is 0 Å². The molecule has 0 aliphatic rings. The first kappa shape index (κ1) is 9.46. The Morgan fingerprint density at radius 3 is 2.44 bits per heavy atom. The van der Waals surface area contributed by atoms with Crippen molar-refractivity contribution >= 4 is 0 Å². The molecule has 1 rings (SSSR count). The van der Waals surface area contributed by atoms with Gasteiger partial charge in [0.15, 0.2) is 0 Å². The molecular weight excluding hydrogens is 141 g/mol. The molecule has 0 radical (unpaired) electrons. The van der Waals surface area contributed by atoms with Crippen LogP contribution in [-0.4, -0.2) is 4.98 Å². The van der Waals surface area contributed by atoms with Crippen LogP contribution in [0.15, 0.2) is 23.0 Å². The van der Waals surface area contributed by atoms with Crippen molar-refractivity contribution in [2.75, 3.05) is 0 Å². The maximum atomic E-state index is 10.4. The largest absolute Gasteiger partial charge is 1.00 e. The van der Waals surface area contributed by atoms with Gasteiger partial charge in [0, 0.05) is 0 Å². The van der Waals surface area contributed by atoms with Gasteiger partial charge in [0.1, 0.15) is 0 Å². The maximum Gasteiger partial charge on any atom is 1.00 e. The molecule has 1 heterocycles. The van der Waals surface area contributed by atoms with Crippen molar-refractivity contribution in [2.24, 2.45) is 0 Å². The first-order valence-electron chi connectivity index (χ1n) is 2.30. The molecule has 0 bridgehead atoms. The molecule has 0 saturated heterocycles. The van der Waals surface area contributed by atoms with Crippen LogP contribution in [0, 0.1) is 6.92 Å². The van der Waals surface area contributed by atoms with Crippen LogP contribution in [0.1, 0.15) is 5.69 Å². The van der Waals surface area contributed by atoms with Crippen molar-refractivity contribution in [2.45, 2.75) is 0 Å². The Morgan fingerprint density at radius 1 is 1.44 bits per heavy atom. The maximum absolute atomic E-state index is 10.4. The molecule has 0 atom stereocenters. The zero-order valence-corrected chi connectivity index (χ0v) is 8.47. The van der Waals surface area contributed by atoms with E-state index in [1.54, 1.807) is 12.1 Å². The van der Waals surface area contributed by atoms with E-state index in [2.05, 4.69) is 11.9 Å². The fraction of sp³-hybridized carbons (Fsp3) is 0. The fourth-order valence-electron chi connectivity index (χ4n) is 0.493. The molecule has 0 aliphatic carbocycles. The van der Waals surface area contributed by atoms with E-state index >= 15 is 0 Å². The molecule has 0 unspecified atom stereocenters. The number of hydrogen-bond donors (Lipinski definition) is 1. The summed E-state index contributed by atoms with van der Waals surface area (Å²) in [6.07, 6.45) is 0. The number of aromatic nitrogens is 1. The molecule has 0 spiro atoms. The molecule has 0 aliphatic heterocycles. The second-order valence-electron chi connectivity index (χ2n) is 1.54. The average molecular weight is 147 g/mol. The minimum Gasteiger partial charge on any atom is -0.357 e. The number of rotatable bonds is 0. The predicted molar refractivity (Wildman–Crippen MR) is 31.5 cm³/mol. The zero-order valence-electron chi connectivity index (χ0n) is 5.35. The minimum atomic E-state index is -0.0995. The molecule has 2 nitrogen and oxygen atoms in total. The third kappa shape index (κ3) is 3.22. The van der Waals surface area contributed by atoms with Crippen LogP contribution in [0.5, 0.6) is 0 Å². The summed E-state index contributed by atoms with van der Waals surface area (Å²) in [5.41, 5.74) is 0.551. The zero-order chi connectivity index (χ0) is 5.98. The normalized spacial score (nSPS) is 8.00. The van der Waals surface area contributed by atoms with Gasteiger partial charge in [-0.3, -0.25) is 4.79 Å². The predicted octanol–water partition coefficient (Wildman–Crippen LogP) is -2.44. The summed E-state index contributed by atoms with van der Waals surface area (Å²) in [6.45, 7) is 3.53. The third-order valence-corrected chi connectivity index (χ3v) is 0.829. The van der Waals surface area contributed by atoms with Crippen LogP contribution in [0.3, 0.4) is 0 Å². The molecule has 0 saturated carbocycles. The molecule has 0 aromatic carbocycles. The Bertz CT molecular complexity index is 230. The van der Waals surface area contributed by atoms with Crippen molar-refractivity contribution in [3.63, 3.8) is 0 Å². The van der Waals surface area contributed by atoms with Crippen LogP contribution >= 0.6 is 0 Å². The van der Waals surface area contributed by atoms with Crippen molar-refractivity contribution in [3.8, 4) is 0 Å². The van der Waals surface area contributed by atoms with Crippen LogP contribution < -0.4 is 56.9 Å².